The van der Waals surface area contributed by atoms with E-state index in [1.165, 1.54) is 6.07 Å². The molecule has 1 aliphatic rings. The highest BCUT2D eigenvalue weighted by Crippen LogP contribution is 2.35. The Labute approximate surface area is 107 Å². The second kappa shape index (κ2) is 4.71. The number of alkyl halides is 3. The summed E-state index contributed by atoms with van der Waals surface area (Å²) in [6.45, 7) is 2.26. The van der Waals surface area contributed by atoms with Crippen LogP contribution in [0.5, 0.6) is 0 Å². The van der Waals surface area contributed by atoms with E-state index in [9.17, 15) is 18.0 Å². The molecular weight excluding hydrogens is 261 g/mol. The molecule has 104 valence electrons. The average molecular weight is 274 g/mol. The van der Waals surface area contributed by atoms with Gasteiger partial charge in [0, 0.05) is 30.4 Å². The number of carbonyl (C=O) groups is 1. The van der Waals surface area contributed by atoms with Crippen LogP contribution < -0.4 is 4.90 Å². The standard InChI is InChI=1S/C12H13F3N2O2/c1-7-8(4-11(18)19)6-17(7)9-2-3-16-10(5-9)12(13,14)15/h2-3,5,7-8H,4,6H2,1H3,(H,18,19). The van der Waals surface area contributed by atoms with E-state index in [2.05, 4.69) is 4.98 Å². The molecule has 1 N–H and O–H groups in total. The molecule has 0 aromatic carbocycles. The van der Waals surface area contributed by atoms with Gasteiger partial charge in [0.1, 0.15) is 5.69 Å². The molecule has 1 aliphatic heterocycles. The molecule has 1 fully saturated rings. The first-order valence-electron chi connectivity index (χ1n) is 5.80. The fourth-order valence-electron chi connectivity index (χ4n) is 2.24. The number of aliphatic carboxylic acids is 1. The Morgan fingerprint density at radius 1 is 1.58 bits per heavy atom. The summed E-state index contributed by atoms with van der Waals surface area (Å²) in [7, 11) is 0. The topological polar surface area (TPSA) is 53.4 Å². The Hall–Kier alpha value is -1.79. The number of nitrogens with zero attached hydrogens (tertiary/aromatic N) is 2. The molecule has 0 radical (unpaired) electrons. The van der Waals surface area contributed by atoms with Gasteiger partial charge in [-0.15, -0.1) is 0 Å². The van der Waals surface area contributed by atoms with Crippen LogP contribution in [-0.4, -0.2) is 28.6 Å². The van der Waals surface area contributed by atoms with E-state index in [0.29, 0.717) is 12.2 Å². The molecule has 1 aromatic rings. The fraction of sp³-hybridized carbons (Fsp3) is 0.500. The second-order valence-corrected chi connectivity index (χ2v) is 4.65. The Morgan fingerprint density at radius 2 is 2.26 bits per heavy atom. The molecular formula is C12H13F3N2O2. The molecule has 1 aromatic heterocycles. The maximum Gasteiger partial charge on any atom is 0.433 e. The molecule has 0 amide bonds. The number of halogens is 3. The third-order valence-electron chi connectivity index (χ3n) is 3.41. The van der Waals surface area contributed by atoms with Gasteiger partial charge in [-0.25, -0.2) is 0 Å². The lowest BCUT2D eigenvalue weighted by Gasteiger charge is -2.47. The monoisotopic (exact) mass is 274 g/mol. The minimum Gasteiger partial charge on any atom is -0.481 e. The molecule has 7 heteroatoms. The zero-order chi connectivity index (χ0) is 14.2. The van der Waals surface area contributed by atoms with Crippen LogP contribution in [0.15, 0.2) is 18.3 Å². The second-order valence-electron chi connectivity index (χ2n) is 4.65. The lowest BCUT2D eigenvalue weighted by atomic mass is 9.86. The average Bonchev–Trinajstić information content (AvgIpc) is 2.32. The number of pyridine rings is 1. The van der Waals surface area contributed by atoms with Crippen LogP contribution >= 0.6 is 0 Å². The summed E-state index contributed by atoms with van der Waals surface area (Å²) < 4.78 is 37.6. The maximum absolute atomic E-state index is 12.5. The van der Waals surface area contributed by atoms with Crippen LogP contribution in [0.25, 0.3) is 0 Å². The van der Waals surface area contributed by atoms with Crippen molar-refractivity contribution in [2.45, 2.75) is 25.6 Å². The van der Waals surface area contributed by atoms with Crippen molar-refractivity contribution in [2.24, 2.45) is 5.92 Å². The number of aromatic nitrogens is 1. The molecule has 0 aliphatic carbocycles. The van der Waals surface area contributed by atoms with E-state index in [1.807, 2.05) is 6.92 Å². The van der Waals surface area contributed by atoms with Gasteiger partial charge in [0.15, 0.2) is 0 Å². The Bertz CT molecular complexity index is 490. The number of carboxylic acid groups (broad SMARTS) is 1. The Kier molecular flexibility index (Phi) is 3.38. The summed E-state index contributed by atoms with van der Waals surface area (Å²) in [4.78, 5) is 15.7. The lowest BCUT2D eigenvalue weighted by Crippen LogP contribution is -2.55. The largest absolute Gasteiger partial charge is 0.481 e. The van der Waals surface area contributed by atoms with Gasteiger partial charge < -0.3 is 10.0 Å². The number of hydrogen-bond donors (Lipinski definition) is 1. The third kappa shape index (κ3) is 2.80. The molecule has 2 rings (SSSR count). The molecule has 2 heterocycles. The van der Waals surface area contributed by atoms with Gasteiger partial charge in [0.25, 0.3) is 0 Å². The van der Waals surface area contributed by atoms with Crippen LogP contribution in [0.2, 0.25) is 0 Å². The van der Waals surface area contributed by atoms with E-state index in [1.54, 1.807) is 4.90 Å². The highest BCUT2D eigenvalue weighted by atomic mass is 19.4. The van der Waals surface area contributed by atoms with E-state index >= 15 is 0 Å². The predicted octanol–water partition coefficient (Wildman–Crippen LogP) is 2.40. The minimum absolute atomic E-state index is 0.0278. The number of carboxylic acids is 1. The summed E-state index contributed by atoms with van der Waals surface area (Å²) in [5.41, 5.74) is -0.504. The van der Waals surface area contributed by atoms with Crippen molar-refractivity contribution in [1.29, 1.82) is 0 Å². The van der Waals surface area contributed by atoms with Crippen molar-refractivity contribution in [2.75, 3.05) is 11.4 Å². The molecule has 2 unspecified atom stereocenters. The number of hydrogen-bond acceptors (Lipinski definition) is 3. The molecule has 0 bridgehead atoms. The Balaban J connectivity index is 2.11. The number of anilines is 1. The molecule has 0 spiro atoms. The fourth-order valence-corrected chi connectivity index (χ4v) is 2.24. The van der Waals surface area contributed by atoms with E-state index in [-0.39, 0.29) is 18.4 Å². The van der Waals surface area contributed by atoms with Crippen molar-refractivity contribution in [3.8, 4) is 0 Å². The molecule has 0 saturated carbocycles. The van der Waals surface area contributed by atoms with Crippen LogP contribution in [0.3, 0.4) is 0 Å². The van der Waals surface area contributed by atoms with Crippen molar-refractivity contribution >= 4 is 11.7 Å². The highest BCUT2D eigenvalue weighted by Gasteiger charge is 2.38. The van der Waals surface area contributed by atoms with Crippen LogP contribution in [-0.2, 0) is 11.0 Å². The molecule has 1 saturated heterocycles. The normalized spacial score (nSPS) is 23.1. The van der Waals surface area contributed by atoms with Crippen molar-refractivity contribution in [3.05, 3.63) is 24.0 Å². The molecule has 2 atom stereocenters. The van der Waals surface area contributed by atoms with E-state index in [4.69, 9.17) is 5.11 Å². The summed E-state index contributed by atoms with van der Waals surface area (Å²) >= 11 is 0. The molecule has 4 nitrogen and oxygen atoms in total. The van der Waals surface area contributed by atoms with Gasteiger partial charge in [-0.2, -0.15) is 13.2 Å². The summed E-state index contributed by atoms with van der Waals surface area (Å²) in [5, 5.41) is 8.70. The molecule has 19 heavy (non-hydrogen) atoms. The van der Waals surface area contributed by atoms with E-state index < -0.39 is 17.8 Å². The lowest BCUT2D eigenvalue weighted by molar-refractivity contribution is -0.141. The van der Waals surface area contributed by atoms with Crippen molar-refractivity contribution in [1.82, 2.24) is 4.98 Å². The SMILES string of the molecule is CC1C(CC(=O)O)CN1c1ccnc(C(F)(F)F)c1. The smallest absolute Gasteiger partial charge is 0.433 e. The van der Waals surface area contributed by atoms with Gasteiger partial charge >= 0.3 is 12.1 Å². The summed E-state index contributed by atoms with van der Waals surface area (Å²) in [6.07, 6.45) is -3.31. The quantitative estimate of drug-likeness (QED) is 0.919. The summed E-state index contributed by atoms with van der Waals surface area (Å²) in [5.74, 6) is -0.915. The van der Waals surface area contributed by atoms with Gasteiger partial charge in [-0.05, 0) is 19.1 Å². The Morgan fingerprint density at radius 3 is 2.79 bits per heavy atom. The van der Waals surface area contributed by atoms with E-state index in [0.717, 1.165) is 12.3 Å². The minimum atomic E-state index is -4.47. The predicted molar refractivity (Wildman–Crippen MR) is 61.8 cm³/mol. The third-order valence-corrected chi connectivity index (χ3v) is 3.41. The first kappa shape index (κ1) is 13.6. The zero-order valence-electron chi connectivity index (χ0n) is 10.2. The maximum atomic E-state index is 12.5. The highest BCUT2D eigenvalue weighted by molar-refractivity contribution is 5.68. The zero-order valence-corrected chi connectivity index (χ0v) is 10.2. The van der Waals surface area contributed by atoms with Gasteiger partial charge in [-0.1, -0.05) is 0 Å². The van der Waals surface area contributed by atoms with Crippen LogP contribution in [0.1, 0.15) is 19.0 Å². The summed E-state index contributed by atoms with van der Waals surface area (Å²) in [6, 6.07) is 2.41. The van der Waals surface area contributed by atoms with Gasteiger partial charge in [0.2, 0.25) is 0 Å². The number of rotatable bonds is 3. The van der Waals surface area contributed by atoms with Crippen molar-refractivity contribution < 1.29 is 23.1 Å². The van der Waals surface area contributed by atoms with Gasteiger partial charge in [0.05, 0.1) is 6.42 Å². The van der Waals surface area contributed by atoms with Crippen molar-refractivity contribution in [3.63, 3.8) is 0 Å². The first-order chi connectivity index (χ1) is 8.79. The van der Waals surface area contributed by atoms with Crippen LogP contribution in [0, 0.1) is 5.92 Å². The van der Waals surface area contributed by atoms with Crippen LogP contribution in [0.4, 0.5) is 18.9 Å². The van der Waals surface area contributed by atoms with Gasteiger partial charge in [-0.3, -0.25) is 9.78 Å². The first-order valence-corrected chi connectivity index (χ1v) is 5.80.